The molecule has 0 saturated heterocycles. The van der Waals surface area contributed by atoms with E-state index >= 15 is 0 Å². The van der Waals surface area contributed by atoms with Crippen LogP contribution >= 0.6 is 11.6 Å². The number of hydrazone groups is 1. The Morgan fingerprint density at radius 1 is 1.15 bits per heavy atom. The first-order chi connectivity index (χ1) is 12.6. The molecular formula is C19H18ClN3O3. The van der Waals surface area contributed by atoms with Crippen LogP contribution in [0.2, 0.25) is 5.02 Å². The van der Waals surface area contributed by atoms with Crippen LogP contribution in [0.5, 0.6) is 5.75 Å². The molecule has 2 amide bonds. The first-order valence-electron chi connectivity index (χ1n) is 8.22. The summed E-state index contributed by atoms with van der Waals surface area (Å²) in [6.07, 6.45) is 3.29. The Kier molecular flexibility index (Phi) is 5.86. The fraction of sp³-hybridized carbons (Fsp3) is 0.211. The van der Waals surface area contributed by atoms with Gasteiger partial charge in [-0.1, -0.05) is 41.9 Å². The van der Waals surface area contributed by atoms with Gasteiger partial charge in [-0.25, -0.2) is 5.43 Å². The molecule has 26 heavy (non-hydrogen) atoms. The summed E-state index contributed by atoms with van der Waals surface area (Å²) in [6.45, 7) is 0.346. The van der Waals surface area contributed by atoms with Crippen LogP contribution in [0.25, 0.3) is 0 Å². The highest BCUT2D eigenvalue weighted by Crippen LogP contribution is 2.19. The van der Waals surface area contributed by atoms with Crippen molar-refractivity contribution in [2.75, 3.05) is 0 Å². The third-order valence-corrected chi connectivity index (χ3v) is 4.08. The van der Waals surface area contributed by atoms with Crippen LogP contribution in [0.4, 0.5) is 0 Å². The van der Waals surface area contributed by atoms with Crippen LogP contribution < -0.4 is 15.5 Å². The second-order valence-electron chi connectivity index (χ2n) is 5.90. The van der Waals surface area contributed by atoms with Crippen LogP contribution in [-0.2, 0) is 16.2 Å². The fourth-order valence-electron chi connectivity index (χ4n) is 2.16. The number of ether oxygens (including phenoxy) is 1. The number of hydrogen-bond donors (Lipinski definition) is 2. The highest BCUT2D eigenvalue weighted by molar-refractivity contribution is 6.35. The van der Waals surface area contributed by atoms with Crippen molar-refractivity contribution in [3.8, 4) is 5.75 Å². The number of carbonyl (C=O) groups excluding carboxylic acids is 2. The summed E-state index contributed by atoms with van der Waals surface area (Å²) in [5, 5.41) is 7.04. The van der Waals surface area contributed by atoms with Gasteiger partial charge in [-0.05, 0) is 36.6 Å². The SMILES string of the molecule is O=C(N/N=C\c1cccc(OCc2ccccc2Cl)c1)C(=O)NC1CC1. The minimum atomic E-state index is -0.778. The van der Waals surface area contributed by atoms with E-state index in [1.54, 1.807) is 6.07 Å². The summed E-state index contributed by atoms with van der Waals surface area (Å²) < 4.78 is 5.73. The first kappa shape index (κ1) is 17.9. The van der Waals surface area contributed by atoms with Gasteiger partial charge in [0, 0.05) is 16.6 Å². The molecule has 0 spiro atoms. The predicted octanol–water partition coefficient (Wildman–Crippen LogP) is 2.65. The van der Waals surface area contributed by atoms with Gasteiger partial charge >= 0.3 is 11.8 Å². The molecule has 0 aliphatic heterocycles. The van der Waals surface area contributed by atoms with Gasteiger partial charge < -0.3 is 10.1 Å². The molecule has 1 aliphatic rings. The zero-order valence-corrected chi connectivity index (χ0v) is 14.7. The fourth-order valence-corrected chi connectivity index (χ4v) is 2.35. The lowest BCUT2D eigenvalue weighted by Crippen LogP contribution is -2.38. The Labute approximate surface area is 156 Å². The number of rotatable bonds is 6. The summed E-state index contributed by atoms with van der Waals surface area (Å²) in [4.78, 5) is 23.1. The number of amides is 2. The van der Waals surface area contributed by atoms with Gasteiger partial charge in [-0.15, -0.1) is 0 Å². The number of nitrogens with one attached hydrogen (secondary N) is 2. The van der Waals surface area contributed by atoms with E-state index in [2.05, 4.69) is 15.8 Å². The first-order valence-corrected chi connectivity index (χ1v) is 8.60. The quantitative estimate of drug-likeness (QED) is 0.465. The molecule has 6 nitrogen and oxygen atoms in total. The normalized spacial score (nSPS) is 13.4. The Balaban J connectivity index is 1.52. The van der Waals surface area contributed by atoms with Gasteiger partial charge in [0.1, 0.15) is 12.4 Å². The highest BCUT2D eigenvalue weighted by Gasteiger charge is 2.26. The molecule has 1 saturated carbocycles. The molecule has 0 unspecified atom stereocenters. The lowest BCUT2D eigenvalue weighted by molar-refractivity contribution is -0.139. The van der Waals surface area contributed by atoms with E-state index in [0.717, 1.165) is 24.0 Å². The second kappa shape index (κ2) is 8.49. The lowest BCUT2D eigenvalue weighted by atomic mass is 10.2. The van der Waals surface area contributed by atoms with E-state index in [1.165, 1.54) is 6.21 Å². The Bertz CT molecular complexity index is 834. The van der Waals surface area contributed by atoms with Gasteiger partial charge in [0.15, 0.2) is 0 Å². The standard InChI is InChI=1S/C19H18ClN3O3/c20-17-7-2-1-5-14(17)12-26-16-6-3-4-13(10-16)11-21-23-19(25)18(24)22-15-8-9-15/h1-7,10-11,15H,8-9,12H2,(H,22,24)(H,23,25)/b21-11-. The zero-order valence-electron chi connectivity index (χ0n) is 13.9. The third kappa shape index (κ3) is 5.32. The van der Waals surface area contributed by atoms with Gasteiger partial charge in [-0.3, -0.25) is 9.59 Å². The summed E-state index contributed by atoms with van der Waals surface area (Å²) >= 11 is 6.11. The van der Waals surface area contributed by atoms with Crippen molar-refractivity contribution in [2.45, 2.75) is 25.5 Å². The van der Waals surface area contributed by atoms with Crippen LogP contribution in [-0.4, -0.2) is 24.1 Å². The van der Waals surface area contributed by atoms with Crippen molar-refractivity contribution in [3.05, 3.63) is 64.7 Å². The number of hydrogen-bond acceptors (Lipinski definition) is 4. The van der Waals surface area contributed by atoms with Crippen molar-refractivity contribution in [2.24, 2.45) is 5.10 Å². The molecule has 0 radical (unpaired) electrons. The monoisotopic (exact) mass is 371 g/mol. The van der Waals surface area contributed by atoms with Crippen molar-refractivity contribution in [1.82, 2.24) is 10.7 Å². The largest absolute Gasteiger partial charge is 0.489 e. The zero-order chi connectivity index (χ0) is 18.4. The molecule has 0 atom stereocenters. The summed E-state index contributed by atoms with van der Waals surface area (Å²) in [6, 6.07) is 14.8. The van der Waals surface area contributed by atoms with E-state index in [-0.39, 0.29) is 6.04 Å². The highest BCUT2D eigenvalue weighted by atomic mass is 35.5. The maximum Gasteiger partial charge on any atom is 0.329 e. The molecule has 2 aromatic carbocycles. The number of halogens is 1. The maximum atomic E-state index is 11.6. The average Bonchev–Trinajstić information content (AvgIpc) is 3.45. The molecule has 0 bridgehead atoms. The second-order valence-corrected chi connectivity index (χ2v) is 6.31. The lowest BCUT2D eigenvalue weighted by Gasteiger charge is -2.08. The predicted molar refractivity (Wildman–Crippen MR) is 99.1 cm³/mol. The van der Waals surface area contributed by atoms with Crippen molar-refractivity contribution in [1.29, 1.82) is 0 Å². The van der Waals surface area contributed by atoms with Crippen LogP contribution in [0.1, 0.15) is 24.0 Å². The van der Waals surface area contributed by atoms with Gasteiger partial charge in [-0.2, -0.15) is 5.10 Å². The van der Waals surface area contributed by atoms with E-state index in [0.29, 0.717) is 17.4 Å². The van der Waals surface area contributed by atoms with Crippen LogP contribution in [0, 0.1) is 0 Å². The molecule has 0 aromatic heterocycles. The molecule has 2 aromatic rings. The van der Waals surface area contributed by atoms with E-state index < -0.39 is 11.8 Å². The Hall–Kier alpha value is -2.86. The maximum absolute atomic E-state index is 11.6. The van der Waals surface area contributed by atoms with Gasteiger partial charge in [0.2, 0.25) is 0 Å². The molecule has 7 heteroatoms. The number of benzene rings is 2. The van der Waals surface area contributed by atoms with Gasteiger partial charge in [0.05, 0.1) is 6.21 Å². The van der Waals surface area contributed by atoms with E-state index in [1.807, 2.05) is 42.5 Å². The third-order valence-electron chi connectivity index (χ3n) is 3.71. The summed E-state index contributed by atoms with van der Waals surface area (Å²) in [5.41, 5.74) is 3.83. The van der Waals surface area contributed by atoms with Crippen molar-refractivity contribution < 1.29 is 14.3 Å². The molecule has 134 valence electrons. The van der Waals surface area contributed by atoms with Crippen molar-refractivity contribution >= 4 is 29.6 Å². The Morgan fingerprint density at radius 2 is 1.96 bits per heavy atom. The molecule has 0 heterocycles. The van der Waals surface area contributed by atoms with Crippen LogP contribution in [0.3, 0.4) is 0 Å². The molecule has 3 rings (SSSR count). The van der Waals surface area contributed by atoms with E-state index in [4.69, 9.17) is 16.3 Å². The topological polar surface area (TPSA) is 79.8 Å². The van der Waals surface area contributed by atoms with Crippen LogP contribution in [0.15, 0.2) is 53.6 Å². The molecule has 1 fully saturated rings. The number of nitrogens with zero attached hydrogens (tertiary/aromatic N) is 1. The molecule has 1 aliphatic carbocycles. The minimum Gasteiger partial charge on any atom is -0.489 e. The van der Waals surface area contributed by atoms with Crippen molar-refractivity contribution in [3.63, 3.8) is 0 Å². The smallest absolute Gasteiger partial charge is 0.329 e. The summed E-state index contributed by atoms with van der Waals surface area (Å²) in [5.74, 6) is -0.799. The summed E-state index contributed by atoms with van der Waals surface area (Å²) in [7, 11) is 0. The average molecular weight is 372 g/mol. The minimum absolute atomic E-state index is 0.129. The number of carbonyl (C=O) groups is 2. The van der Waals surface area contributed by atoms with E-state index in [9.17, 15) is 9.59 Å². The molecule has 2 N–H and O–H groups in total. The molecular weight excluding hydrogens is 354 g/mol. The Morgan fingerprint density at radius 3 is 2.73 bits per heavy atom. The van der Waals surface area contributed by atoms with Gasteiger partial charge in [0.25, 0.3) is 0 Å².